The maximum absolute atomic E-state index is 10.9. The van der Waals surface area contributed by atoms with Crippen LogP contribution < -0.4 is 0 Å². The van der Waals surface area contributed by atoms with E-state index >= 15 is 0 Å². The molecule has 0 saturated heterocycles. The van der Waals surface area contributed by atoms with Gasteiger partial charge in [0.05, 0.1) is 11.9 Å². The number of aromatic amines is 1. The van der Waals surface area contributed by atoms with Crippen molar-refractivity contribution < 1.29 is 14.3 Å². The van der Waals surface area contributed by atoms with E-state index in [4.69, 9.17) is 9.52 Å². The number of rotatable bonds is 3. The van der Waals surface area contributed by atoms with Crippen LogP contribution in [0.5, 0.6) is 0 Å². The minimum absolute atomic E-state index is 0.0978. The van der Waals surface area contributed by atoms with Gasteiger partial charge in [-0.3, -0.25) is 0 Å². The van der Waals surface area contributed by atoms with Crippen LogP contribution in [0.25, 0.3) is 28.0 Å². The summed E-state index contributed by atoms with van der Waals surface area (Å²) in [6.45, 7) is 0. The van der Waals surface area contributed by atoms with Crippen molar-refractivity contribution in [2.24, 2.45) is 0 Å². The summed E-state index contributed by atoms with van der Waals surface area (Å²) in [5.41, 5.74) is 2.42. The van der Waals surface area contributed by atoms with Gasteiger partial charge in [0.15, 0.2) is 0 Å². The molecule has 22 heavy (non-hydrogen) atoms. The largest absolute Gasteiger partial charge is 0.475 e. The molecule has 6 heteroatoms. The number of furan rings is 1. The number of para-hydroxylation sites is 1. The molecule has 0 aliphatic heterocycles. The Hall–Kier alpha value is -3.28. The quantitative estimate of drug-likeness (QED) is 0.607. The fourth-order valence-corrected chi connectivity index (χ4v) is 2.47. The van der Waals surface area contributed by atoms with Gasteiger partial charge >= 0.3 is 5.97 Å². The first-order valence-corrected chi connectivity index (χ1v) is 6.67. The summed E-state index contributed by atoms with van der Waals surface area (Å²) in [5.74, 6) is -0.387. The lowest BCUT2D eigenvalue weighted by molar-refractivity contribution is 0.0662. The SMILES string of the molecule is O=C(O)c1cc(-c2ccnn2-c2cc3ccccc3[nH]2)co1. The predicted octanol–water partition coefficient (Wildman–Crippen LogP) is 3.31. The van der Waals surface area contributed by atoms with E-state index in [1.54, 1.807) is 10.9 Å². The minimum atomic E-state index is -1.09. The highest BCUT2D eigenvalue weighted by Gasteiger charge is 2.15. The third-order valence-corrected chi connectivity index (χ3v) is 3.49. The number of fused-ring (bicyclic) bond motifs is 1. The fraction of sp³-hybridized carbons (Fsp3) is 0. The molecule has 0 spiro atoms. The number of aromatic nitrogens is 3. The van der Waals surface area contributed by atoms with E-state index < -0.39 is 5.97 Å². The minimum Gasteiger partial charge on any atom is -0.475 e. The summed E-state index contributed by atoms with van der Waals surface area (Å²) in [5, 5.41) is 14.3. The number of carbonyl (C=O) groups is 1. The molecule has 0 bridgehead atoms. The van der Waals surface area contributed by atoms with Crippen LogP contribution in [0.1, 0.15) is 10.6 Å². The Bertz CT molecular complexity index is 944. The van der Waals surface area contributed by atoms with Crippen LogP contribution in [-0.2, 0) is 0 Å². The first kappa shape index (κ1) is 12.5. The van der Waals surface area contributed by atoms with E-state index in [1.807, 2.05) is 36.4 Å². The third kappa shape index (κ3) is 1.89. The van der Waals surface area contributed by atoms with Gasteiger partial charge in [-0.1, -0.05) is 18.2 Å². The van der Waals surface area contributed by atoms with Crippen LogP contribution in [0.3, 0.4) is 0 Å². The van der Waals surface area contributed by atoms with Crippen LogP contribution in [0.2, 0.25) is 0 Å². The number of hydrogen-bond donors (Lipinski definition) is 2. The van der Waals surface area contributed by atoms with Crippen molar-refractivity contribution in [2.45, 2.75) is 0 Å². The highest BCUT2D eigenvalue weighted by molar-refractivity contribution is 5.86. The molecule has 0 atom stereocenters. The van der Waals surface area contributed by atoms with Gasteiger partial charge in [0, 0.05) is 22.5 Å². The molecule has 0 saturated carbocycles. The van der Waals surface area contributed by atoms with Crippen molar-refractivity contribution in [1.29, 1.82) is 0 Å². The van der Waals surface area contributed by atoms with Gasteiger partial charge in [-0.25, -0.2) is 9.48 Å². The van der Waals surface area contributed by atoms with Crippen molar-refractivity contribution in [3.63, 3.8) is 0 Å². The Balaban J connectivity index is 1.83. The average Bonchev–Trinajstić information content (AvgIpc) is 3.24. The zero-order valence-electron chi connectivity index (χ0n) is 11.4. The molecule has 0 amide bonds. The van der Waals surface area contributed by atoms with Crippen molar-refractivity contribution >= 4 is 16.9 Å². The van der Waals surface area contributed by atoms with Gasteiger partial charge in [-0.15, -0.1) is 0 Å². The molecular formula is C16H11N3O3. The lowest BCUT2D eigenvalue weighted by Crippen LogP contribution is -1.98. The van der Waals surface area contributed by atoms with Gasteiger partial charge in [0.2, 0.25) is 5.76 Å². The Morgan fingerprint density at radius 3 is 2.86 bits per heavy atom. The van der Waals surface area contributed by atoms with Crippen LogP contribution in [0, 0.1) is 0 Å². The molecule has 0 unspecified atom stereocenters. The molecule has 2 N–H and O–H groups in total. The average molecular weight is 293 g/mol. The van der Waals surface area contributed by atoms with Gasteiger partial charge in [0.1, 0.15) is 12.1 Å². The van der Waals surface area contributed by atoms with E-state index in [0.717, 1.165) is 22.4 Å². The lowest BCUT2D eigenvalue weighted by Gasteiger charge is -2.02. The Kier molecular flexibility index (Phi) is 2.62. The second kappa shape index (κ2) is 4.63. The lowest BCUT2D eigenvalue weighted by atomic mass is 10.2. The first-order chi connectivity index (χ1) is 10.7. The van der Waals surface area contributed by atoms with Gasteiger partial charge in [0.25, 0.3) is 0 Å². The molecule has 1 aromatic carbocycles. The second-order valence-electron chi connectivity index (χ2n) is 4.87. The summed E-state index contributed by atoms with van der Waals surface area (Å²) >= 11 is 0. The number of aromatic carboxylic acids is 1. The Morgan fingerprint density at radius 1 is 1.23 bits per heavy atom. The molecule has 3 heterocycles. The molecule has 0 aliphatic carbocycles. The van der Waals surface area contributed by atoms with Gasteiger partial charge < -0.3 is 14.5 Å². The van der Waals surface area contributed by atoms with Crippen LogP contribution in [0.4, 0.5) is 0 Å². The van der Waals surface area contributed by atoms with Gasteiger partial charge in [-0.05, 0) is 18.2 Å². The summed E-state index contributed by atoms with van der Waals surface area (Å²) in [6.07, 6.45) is 3.08. The van der Waals surface area contributed by atoms with Crippen molar-refractivity contribution in [3.8, 4) is 17.1 Å². The number of carboxylic acids is 1. The van der Waals surface area contributed by atoms with Crippen molar-refractivity contribution in [2.75, 3.05) is 0 Å². The van der Waals surface area contributed by atoms with Crippen LogP contribution in [-0.4, -0.2) is 25.8 Å². The number of H-pyrrole nitrogens is 1. The van der Waals surface area contributed by atoms with E-state index in [2.05, 4.69) is 10.1 Å². The first-order valence-electron chi connectivity index (χ1n) is 6.67. The number of nitrogens with zero attached hydrogens (tertiary/aromatic N) is 2. The maximum atomic E-state index is 10.9. The molecule has 4 rings (SSSR count). The highest BCUT2D eigenvalue weighted by atomic mass is 16.4. The Labute approximate surface area is 124 Å². The normalized spacial score (nSPS) is 11.1. The summed E-state index contributed by atoms with van der Waals surface area (Å²) in [7, 11) is 0. The van der Waals surface area contributed by atoms with Crippen molar-refractivity contribution in [1.82, 2.24) is 14.8 Å². The predicted molar refractivity (Wildman–Crippen MR) is 80.1 cm³/mol. The third-order valence-electron chi connectivity index (χ3n) is 3.49. The number of carboxylic acid groups (broad SMARTS) is 1. The summed E-state index contributed by atoms with van der Waals surface area (Å²) in [4.78, 5) is 14.2. The topological polar surface area (TPSA) is 84.0 Å². The monoisotopic (exact) mass is 293 g/mol. The smallest absolute Gasteiger partial charge is 0.371 e. The highest BCUT2D eigenvalue weighted by Crippen LogP contribution is 2.26. The van der Waals surface area contributed by atoms with E-state index in [9.17, 15) is 4.79 Å². The molecule has 6 nitrogen and oxygen atoms in total. The number of benzene rings is 1. The van der Waals surface area contributed by atoms with E-state index in [1.165, 1.54) is 12.3 Å². The molecule has 4 aromatic rings. The molecule has 0 fully saturated rings. The Morgan fingerprint density at radius 2 is 2.09 bits per heavy atom. The zero-order valence-corrected chi connectivity index (χ0v) is 11.4. The maximum Gasteiger partial charge on any atom is 0.371 e. The molecule has 0 radical (unpaired) electrons. The zero-order chi connectivity index (χ0) is 15.1. The van der Waals surface area contributed by atoms with Gasteiger partial charge in [-0.2, -0.15) is 5.10 Å². The van der Waals surface area contributed by atoms with E-state index in [-0.39, 0.29) is 5.76 Å². The standard InChI is InChI=1S/C16H11N3O3/c20-16(21)14-7-11(9-22-14)13-5-6-17-19(13)15-8-10-3-1-2-4-12(10)18-15/h1-9,18H,(H,20,21). The summed E-state index contributed by atoms with van der Waals surface area (Å²) < 4.78 is 6.77. The second-order valence-corrected chi connectivity index (χ2v) is 4.87. The summed E-state index contributed by atoms with van der Waals surface area (Å²) in [6, 6.07) is 13.2. The number of hydrogen-bond acceptors (Lipinski definition) is 3. The molecule has 0 aliphatic rings. The fourth-order valence-electron chi connectivity index (χ4n) is 2.47. The van der Waals surface area contributed by atoms with Crippen LogP contribution in [0.15, 0.2) is 59.3 Å². The molecule has 108 valence electrons. The molecular weight excluding hydrogens is 282 g/mol. The van der Waals surface area contributed by atoms with E-state index in [0.29, 0.717) is 5.56 Å². The van der Waals surface area contributed by atoms with Crippen LogP contribution >= 0.6 is 0 Å². The molecule has 3 aromatic heterocycles. The van der Waals surface area contributed by atoms with Crippen molar-refractivity contribution in [3.05, 3.63) is 60.7 Å². The number of nitrogens with one attached hydrogen (secondary N) is 1.